The molecular weight excluding hydrogens is 318 g/mol. The van der Waals surface area contributed by atoms with Gasteiger partial charge in [-0.25, -0.2) is 13.2 Å². The van der Waals surface area contributed by atoms with E-state index in [1.807, 2.05) is 0 Å². The van der Waals surface area contributed by atoms with Crippen LogP contribution in [0.2, 0.25) is 5.02 Å². The maximum Gasteiger partial charge on any atom is 0.337 e. The average Bonchev–Trinajstić information content (AvgIpc) is 2.37. The molecule has 0 unspecified atom stereocenters. The second-order valence-electron chi connectivity index (χ2n) is 4.10. The summed E-state index contributed by atoms with van der Waals surface area (Å²) in [7, 11) is -3.93. The number of hydrogen-bond acceptors (Lipinski definition) is 4. The third kappa shape index (κ3) is 3.45. The number of rotatable bonds is 4. The fourth-order valence-corrected chi connectivity index (χ4v) is 3.02. The number of aromatic hydroxyl groups is 1. The molecule has 0 radical (unpaired) electrons. The molecule has 8 heteroatoms. The van der Waals surface area contributed by atoms with Gasteiger partial charge in [0.2, 0.25) is 0 Å². The van der Waals surface area contributed by atoms with Gasteiger partial charge in [0.15, 0.2) is 0 Å². The van der Waals surface area contributed by atoms with Crippen molar-refractivity contribution < 1.29 is 23.4 Å². The van der Waals surface area contributed by atoms with Crippen LogP contribution in [0.1, 0.15) is 10.4 Å². The van der Waals surface area contributed by atoms with Gasteiger partial charge in [0.05, 0.1) is 21.2 Å². The molecule has 0 amide bonds. The predicted molar refractivity (Wildman–Crippen MR) is 77.3 cm³/mol. The van der Waals surface area contributed by atoms with Crippen molar-refractivity contribution in [3.05, 3.63) is 53.1 Å². The van der Waals surface area contributed by atoms with Crippen LogP contribution in [0.5, 0.6) is 5.75 Å². The lowest BCUT2D eigenvalue weighted by Crippen LogP contribution is -2.13. The summed E-state index contributed by atoms with van der Waals surface area (Å²) in [6.45, 7) is 0. The summed E-state index contributed by atoms with van der Waals surface area (Å²) in [6.07, 6.45) is 0. The minimum atomic E-state index is -3.93. The van der Waals surface area contributed by atoms with E-state index >= 15 is 0 Å². The van der Waals surface area contributed by atoms with Crippen molar-refractivity contribution in [3.8, 4) is 5.75 Å². The Morgan fingerprint density at radius 2 is 1.86 bits per heavy atom. The first kappa shape index (κ1) is 15.1. The fraction of sp³-hybridized carbons (Fsp3) is 0. The fourth-order valence-electron chi connectivity index (χ4n) is 1.62. The van der Waals surface area contributed by atoms with Gasteiger partial charge in [0, 0.05) is 6.07 Å². The first-order valence-electron chi connectivity index (χ1n) is 5.64. The molecule has 110 valence electrons. The van der Waals surface area contributed by atoms with Crippen molar-refractivity contribution in [2.75, 3.05) is 4.72 Å². The van der Waals surface area contributed by atoms with Gasteiger partial charge in [0.1, 0.15) is 5.75 Å². The zero-order chi connectivity index (χ0) is 15.6. The second-order valence-corrected chi connectivity index (χ2v) is 6.19. The Kier molecular flexibility index (Phi) is 4.06. The number of anilines is 1. The highest BCUT2D eigenvalue weighted by atomic mass is 35.5. The van der Waals surface area contributed by atoms with Crippen LogP contribution in [0, 0.1) is 0 Å². The number of carboxylic acid groups (broad SMARTS) is 1. The Morgan fingerprint density at radius 3 is 2.43 bits per heavy atom. The number of nitrogens with one attached hydrogen (secondary N) is 1. The molecule has 0 saturated carbocycles. The van der Waals surface area contributed by atoms with Gasteiger partial charge in [0.25, 0.3) is 10.0 Å². The summed E-state index contributed by atoms with van der Waals surface area (Å²) in [4.78, 5) is 10.7. The van der Waals surface area contributed by atoms with Crippen molar-refractivity contribution in [1.82, 2.24) is 0 Å². The van der Waals surface area contributed by atoms with E-state index in [-0.39, 0.29) is 26.9 Å². The highest BCUT2D eigenvalue weighted by Crippen LogP contribution is 2.24. The van der Waals surface area contributed by atoms with Crippen LogP contribution in [0.25, 0.3) is 0 Å². The monoisotopic (exact) mass is 327 g/mol. The molecule has 0 heterocycles. The summed E-state index contributed by atoms with van der Waals surface area (Å²) < 4.78 is 26.6. The van der Waals surface area contributed by atoms with Crippen LogP contribution in [0.4, 0.5) is 5.69 Å². The molecule has 0 saturated heterocycles. The van der Waals surface area contributed by atoms with E-state index in [0.717, 1.165) is 18.2 Å². The highest BCUT2D eigenvalue weighted by Gasteiger charge is 2.18. The predicted octanol–water partition coefficient (Wildman–Crippen LogP) is 2.54. The SMILES string of the molecule is O=C(O)c1ccc(S(=O)(=O)Nc2cccc(O)c2)cc1Cl. The largest absolute Gasteiger partial charge is 0.508 e. The zero-order valence-corrected chi connectivity index (χ0v) is 12.0. The molecule has 2 rings (SSSR count). The number of carboxylic acids is 1. The smallest absolute Gasteiger partial charge is 0.337 e. The standard InChI is InChI=1S/C13H10ClNO5S/c14-12-7-10(4-5-11(12)13(17)18)21(19,20)15-8-2-1-3-9(16)6-8/h1-7,15-16H,(H,17,18). The van der Waals surface area contributed by atoms with Crippen LogP contribution in [-0.4, -0.2) is 24.6 Å². The summed E-state index contributed by atoms with van der Waals surface area (Å²) >= 11 is 5.75. The molecule has 3 N–H and O–H groups in total. The molecule has 0 bridgehead atoms. The average molecular weight is 328 g/mol. The Bertz CT molecular complexity index is 804. The van der Waals surface area contributed by atoms with Gasteiger partial charge in [-0.3, -0.25) is 4.72 Å². The number of halogens is 1. The molecule has 0 aliphatic carbocycles. The summed E-state index contributed by atoms with van der Waals surface area (Å²) in [6, 6.07) is 8.89. The van der Waals surface area contributed by atoms with E-state index in [1.165, 1.54) is 24.3 Å². The van der Waals surface area contributed by atoms with E-state index in [2.05, 4.69) is 4.72 Å². The number of phenolic OH excluding ortho intramolecular Hbond substituents is 1. The number of hydrogen-bond donors (Lipinski definition) is 3. The molecule has 0 aliphatic heterocycles. The van der Waals surface area contributed by atoms with Crippen LogP contribution in [0.3, 0.4) is 0 Å². The summed E-state index contributed by atoms with van der Waals surface area (Å²) in [5.74, 6) is -1.33. The summed E-state index contributed by atoms with van der Waals surface area (Å²) in [5, 5.41) is 18.0. The lowest BCUT2D eigenvalue weighted by molar-refractivity contribution is 0.0697. The molecule has 0 spiro atoms. The number of benzene rings is 2. The maximum atomic E-state index is 12.1. The van der Waals surface area contributed by atoms with Crippen molar-refractivity contribution in [2.24, 2.45) is 0 Å². The van der Waals surface area contributed by atoms with Crippen LogP contribution >= 0.6 is 11.6 Å². The normalized spacial score (nSPS) is 11.1. The van der Waals surface area contributed by atoms with E-state index in [4.69, 9.17) is 16.7 Å². The molecule has 0 fully saturated rings. The lowest BCUT2D eigenvalue weighted by Gasteiger charge is -2.09. The van der Waals surface area contributed by atoms with Gasteiger partial charge in [-0.2, -0.15) is 0 Å². The minimum absolute atomic E-state index is 0.0885. The summed E-state index contributed by atoms with van der Waals surface area (Å²) in [5.41, 5.74) is -0.0126. The van der Waals surface area contributed by atoms with Crippen molar-refractivity contribution in [1.29, 1.82) is 0 Å². The molecular formula is C13H10ClNO5S. The highest BCUT2D eigenvalue weighted by molar-refractivity contribution is 7.92. The topological polar surface area (TPSA) is 104 Å². The molecule has 0 atom stereocenters. The molecule has 0 aliphatic rings. The molecule has 6 nitrogen and oxygen atoms in total. The second kappa shape index (κ2) is 5.63. The Morgan fingerprint density at radius 1 is 1.14 bits per heavy atom. The molecule has 0 aromatic heterocycles. The third-order valence-electron chi connectivity index (χ3n) is 2.58. The Labute approximate surface area is 125 Å². The Balaban J connectivity index is 2.36. The molecule has 21 heavy (non-hydrogen) atoms. The number of carbonyl (C=O) groups is 1. The van der Waals surface area contributed by atoms with Crippen molar-refractivity contribution >= 4 is 33.3 Å². The van der Waals surface area contributed by atoms with Crippen LogP contribution < -0.4 is 4.72 Å². The minimum Gasteiger partial charge on any atom is -0.508 e. The van der Waals surface area contributed by atoms with Gasteiger partial charge >= 0.3 is 5.97 Å². The van der Waals surface area contributed by atoms with Gasteiger partial charge in [-0.05, 0) is 30.3 Å². The van der Waals surface area contributed by atoms with Crippen molar-refractivity contribution in [2.45, 2.75) is 4.90 Å². The van der Waals surface area contributed by atoms with E-state index < -0.39 is 16.0 Å². The molecule has 2 aromatic carbocycles. The lowest BCUT2D eigenvalue weighted by atomic mass is 10.2. The van der Waals surface area contributed by atoms with E-state index in [1.54, 1.807) is 0 Å². The van der Waals surface area contributed by atoms with Crippen LogP contribution in [-0.2, 0) is 10.0 Å². The quantitative estimate of drug-likeness (QED) is 0.800. The maximum absolute atomic E-state index is 12.1. The van der Waals surface area contributed by atoms with Gasteiger partial charge < -0.3 is 10.2 Å². The number of aromatic carboxylic acids is 1. The van der Waals surface area contributed by atoms with Crippen LogP contribution in [0.15, 0.2) is 47.4 Å². The van der Waals surface area contributed by atoms with E-state index in [0.29, 0.717) is 0 Å². The Hall–Kier alpha value is -2.25. The number of phenols is 1. The van der Waals surface area contributed by atoms with Crippen molar-refractivity contribution in [3.63, 3.8) is 0 Å². The molecule has 2 aromatic rings. The zero-order valence-electron chi connectivity index (χ0n) is 10.4. The third-order valence-corrected chi connectivity index (χ3v) is 4.27. The first-order valence-corrected chi connectivity index (χ1v) is 7.50. The number of sulfonamides is 1. The first-order chi connectivity index (χ1) is 9.79. The van der Waals surface area contributed by atoms with E-state index in [9.17, 15) is 18.3 Å². The van der Waals surface area contributed by atoms with Gasteiger partial charge in [-0.1, -0.05) is 17.7 Å². The van der Waals surface area contributed by atoms with Gasteiger partial charge in [-0.15, -0.1) is 0 Å².